The predicted molar refractivity (Wildman–Crippen MR) is 38.2 cm³/mol. The average molecular weight is 143 g/mol. The normalized spacial score (nSPS) is 19.1. The Balaban J connectivity index is 2.31. The van der Waals surface area contributed by atoms with Gasteiger partial charge in [0.2, 0.25) is 0 Å². The number of carbonyl (C=O) groups excluding carboxylic acids is 1. The summed E-state index contributed by atoms with van der Waals surface area (Å²) < 4.78 is 0. The molecule has 0 spiro atoms. The molecule has 1 amide bonds. The minimum Gasteiger partial charge on any atom is -0.350 e. The van der Waals surface area contributed by atoms with E-state index in [1.54, 1.807) is 0 Å². The third-order valence-corrected chi connectivity index (χ3v) is 1.92. The molecule has 1 aliphatic heterocycles. The summed E-state index contributed by atoms with van der Waals surface area (Å²) in [5, 5.41) is 0. The maximum atomic E-state index is 11.0. The van der Waals surface area contributed by atoms with Gasteiger partial charge in [-0.25, -0.2) is 0 Å². The van der Waals surface area contributed by atoms with Crippen LogP contribution in [0.4, 0.5) is 0 Å². The highest BCUT2D eigenvalue weighted by Gasteiger charge is 2.15. The molecular weight excluding hydrogens is 128 g/mol. The van der Waals surface area contributed by atoms with E-state index < -0.39 is 0 Å². The van der Waals surface area contributed by atoms with E-state index in [0.717, 1.165) is 13.1 Å². The number of carbonyl (C=O) groups is 1. The van der Waals surface area contributed by atoms with Crippen LogP contribution >= 0.6 is 0 Å². The van der Waals surface area contributed by atoms with Gasteiger partial charge in [0.25, 0.3) is 5.91 Å². The van der Waals surface area contributed by atoms with Crippen LogP contribution in [0.2, 0.25) is 0 Å². The minimum atomic E-state index is 0.208. The monoisotopic (exact) mass is 143 g/mol. The summed E-state index contributed by atoms with van der Waals surface area (Å²) in [5.41, 5.74) is 3.57. The van der Waals surface area contributed by atoms with Crippen LogP contribution in [-0.4, -0.2) is 30.4 Å². The summed E-state index contributed by atoms with van der Waals surface area (Å²) in [7, 11) is 0. The van der Waals surface area contributed by atoms with Gasteiger partial charge in [-0.05, 0) is 19.3 Å². The zero-order valence-corrected chi connectivity index (χ0v) is 6.31. The van der Waals surface area contributed by atoms with Gasteiger partial charge in [-0.1, -0.05) is 0 Å². The number of quaternary nitrogens is 1. The molecule has 10 heavy (non-hydrogen) atoms. The molecule has 1 fully saturated rings. The first kappa shape index (κ1) is 7.54. The summed E-state index contributed by atoms with van der Waals surface area (Å²) in [6.45, 7) is 2.32. The van der Waals surface area contributed by atoms with E-state index in [1.807, 2.05) is 4.90 Å². The van der Waals surface area contributed by atoms with Crippen molar-refractivity contribution in [2.24, 2.45) is 0 Å². The number of hydrogen-bond acceptors (Lipinski definition) is 1. The third kappa shape index (κ3) is 1.70. The molecule has 0 aliphatic carbocycles. The number of nitrogens with zero attached hydrogens (tertiary/aromatic N) is 1. The molecule has 0 aromatic heterocycles. The molecule has 0 unspecified atom stereocenters. The highest BCUT2D eigenvalue weighted by molar-refractivity contribution is 5.76. The second-order valence-corrected chi connectivity index (χ2v) is 2.69. The molecule has 58 valence electrons. The Labute approximate surface area is 61.2 Å². The van der Waals surface area contributed by atoms with E-state index in [0.29, 0.717) is 6.54 Å². The van der Waals surface area contributed by atoms with Gasteiger partial charge in [0.15, 0.2) is 6.54 Å². The first-order valence-corrected chi connectivity index (χ1v) is 3.91. The van der Waals surface area contributed by atoms with Crippen molar-refractivity contribution < 1.29 is 10.5 Å². The van der Waals surface area contributed by atoms with Crippen molar-refractivity contribution in [3.05, 3.63) is 0 Å². The number of rotatable bonds is 1. The Bertz CT molecular complexity index is 119. The van der Waals surface area contributed by atoms with Crippen LogP contribution in [0.1, 0.15) is 19.3 Å². The molecule has 1 heterocycles. The van der Waals surface area contributed by atoms with Gasteiger partial charge in [0.1, 0.15) is 0 Å². The lowest BCUT2D eigenvalue weighted by molar-refractivity contribution is -0.357. The van der Waals surface area contributed by atoms with Gasteiger partial charge in [0, 0.05) is 13.1 Å². The van der Waals surface area contributed by atoms with E-state index in [1.165, 1.54) is 19.3 Å². The SMILES string of the molecule is [NH3+]CC(=O)N1CCCCC1. The summed E-state index contributed by atoms with van der Waals surface area (Å²) in [6.07, 6.45) is 3.62. The Morgan fingerprint density at radius 2 is 1.90 bits per heavy atom. The van der Waals surface area contributed by atoms with Crippen LogP contribution in [0, 0.1) is 0 Å². The van der Waals surface area contributed by atoms with Crippen molar-refractivity contribution >= 4 is 5.91 Å². The summed E-state index contributed by atoms with van der Waals surface area (Å²) in [4.78, 5) is 12.9. The van der Waals surface area contributed by atoms with Gasteiger partial charge in [0.05, 0.1) is 0 Å². The van der Waals surface area contributed by atoms with Crippen LogP contribution < -0.4 is 5.73 Å². The molecule has 1 aliphatic rings. The Morgan fingerprint density at radius 1 is 1.30 bits per heavy atom. The van der Waals surface area contributed by atoms with Crippen LogP contribution in [0.15, 0.2) is 0 Å². The van der Waals surface area contributed by atoms with Crippen LogP contribution in [0.25, 0.3) is 0 Å². The molecule has 0 aromatic rings. The van der Waals surface area contributed by atoms with Crippen LogP contribution in [0.5, 0.6) is 0 Å². The zero-order chi connectivity index (χ0) is 7.40. The minimum absolute atomic E-state index is 0.208. The lowest BCUT2D eigenvalue weighted by Gasteiger charge is -2.25. The largest absolute Gasteiger partial charge is 0.350 e. The molecular formula is C7H15N2O+. The average Bonchev–Trinajstić information content (AvgIpc) is 2.05. The first-order valence-electron chi connectivity index (χ1n) is 3.91. The zero-order valence-electron chi connectivity index (χ0n) is 6.31. The fourth-order valence-electron chi connectivity index (χ4n) is 1.30. The van der Waals surface area contributed by atoms with E-state index in [4.69, 9.17) is 0 Å². The highest BCUT2D eigenvalue weighted by atomic mass is 16.2. The molecule has 1 rings (SSSR count). The van der Waals surface area contributed by atoms with Crippen LogP contribution in [0.3, 0.4) is 0 Å². The smallest absolute Gasteiger partial charge is 0.277 e. The third-order valence-electron chi connectivity index (χ3n) is 1.92. The Hall–Kier alpha value is -0.570. The first-order chi connectivity index (χ1) is 4.84. The highest BCUT2D eigenvalue weighted by Crippen LogP contribution is 2.07. The van der Waals surface area contributed by atoms with Gasteiger partial charge >= 0.3 is 0 Å². The van der Waals surface area contributed by atoms with E-state index in [-0.39, 0.29) is 5.91 Å². The van der Waals surface area contributed by atoms with Crippen molar-refractivity contribution in [1.82, 2.24) is 4.90 Å². The molecule has 3 heteroatoms. The number of piperidine rings is 1. The molecule has 0 bridgehead atoms. The lowest BCUT2D eigenvalue weighted by Crippen LogP contribution is -2.58. The summed E-state index contributed by atoms with van der Waals surface area (Å²) >= 11 is 0. The van der Waals surface area contributed by atoms with E-state index >= 15 is 0 Å². The number of likely N-dealkylation sites (tertiary alicyclic amines) is 1. The van der Waals surface area contributed by atoms with Gasteiger partial charge in [-0.2, -0.15) is 0 Å². The van der Waals surface area contributed by atoms with Gasteiger partial charge in [-0.15, -0.1) is 0 Å². The van der Waals surface area contributed by atoms with Crippen molar-refractivity contribution in [3.8, 4) is 0 Å². The van der Waals surface area contributed by atoms with Crippen molar-refractivity contribution in [2.45, 2.75) is 19.3 Å². The maximum absolute atomic E-state index is 11.0. The van der Waals surface area contributed by atoms with Crippen molar-refractivity contribution in [1.29, 1.82) is 0 Å². The van der Waals surface area contributed by atoms with Crippen molar-refractivity contribution in [2.75, 3.05) is 19.6 Å². The fourth-order valence-corrected chi connectivity index (χ4v) is 1.30. The summed E-state index contributed by atoms with van der Waals surface area (Å²) in [5.74, 6) is 0.208. The van der Waals surface area contributed by atoms with Crippen molar-refractivity contribution in [3.63, 3.8) is 0 Å². The number of hydrogen-bond donors (Lipinski definition) is 1. The Kier molecular flexibility index (Phi) is 2.68. The van der Waals surface area contributed by atoms with E-state index in [2.05, 4.69) is 5.73 Å². The Morgan fingerprint density at radius 3 is 2.40 bits per heavy atom. The molecule has 0 radical (unpaired) electrons. The molecule has 0 atom stereocenters. The van der Waals surface area contributed by atoms with Crippen LogP contribution in [-0.2, 0) is 4.79 Å². The lowest BCUT2D eigenvalue weighted by atomic mass is 10.1. The predicted octanol–water partition coefficient (Wildman–Crippen LogP) is -0.759. The molecule has 1 saturated heterocycles. The topological polar surface area (TPSA) is 48.0 Å². The second-order valence-electron chi connectivity index (χ2n) is 2.69. The molecule has 0 saturated carbocycles. The number of amides is 1. The molecule has 3 N–H and O–H groups in total. The van der Waals surface area contributed by atoms with Gasteiger partial charge < -0.3 is 10.6 Å². The second kappa shape index (κ2) is 3.56. The quantitative estimate of drug-likeness (QED) is 0.515. The molecule has 0 aromatic carbocycles. The maximum Gasteiger partial charge on any atom is 0.277 e. The van der Waals surface area contributed by atoms with Gasteiger partial charge in [-0.3, -0.25) is 4.79 Å². The fraction of sp³-hybridized carbons (Fsp3) is 0.857. The molecule has 3 nitrogen and oxygen atoms in total. The van der Waals surface area contributed by atoms with E-state index in [9.17, 15) is 4.79 Å². The summed E-state index contributed by atoms with van der Waals surface area (Å²) in [6, 6.07) is 0. The standard InChI is InChI=1S/C7H14N2O/c8-6-7(10)9-4-2-1-3-5-9/h1-6,8H2/p+1.